The summed E-state index contributed by atoms with van der Waals surface area (Å²) in [5, 5.41) is 11.3. The Morgan fingerprint density at radius 3 is 1.77 bits per heavy atom. The van der Waals surface area contributed by atoms with Gasteiger partial charge in [-0.1, -0.05) is 88.8 Å². The number of aryl methyl sites for hydroxylation is 1. The number of benzene rings is 1. The Morgan fingerprint density at radius 2 is 1.23 bits per heavy atom. The molecule has 0 aliphatic rings. The maximum atomic E-state index is 11.4. The first-order chi connectivity index (χ1) is 14.6. The second-order valence-electron chi connectivity index (χ2n) is 8.22. The van der Waals surface area contributed by atoms with Crippen LogP contribution in [0.5, 0.6) is 0 Å². The fourth-order valence-electron chi connectivity index (χ4n) is 3.64. The first-order valence-electron chi connectivity index (χ1n) is 11.8. The maximum Gasteiger partial charge on any atom is 0.303 e. The van der Waals surface area contributed by atoms with E-state index >= 15 is 0 Å². The zero-order chi connectivity index (χ0) is 21.9. The van der Waals surface area contributed by atoms with Crippen LogP contribution < -0.4 is 5.32 Å². The Labute approximate surface area is 188 Å². The van der Waals surface area contributed by atoms with Crippen molar-refractivity contribution in [3.8, 4) is 0 Å². The molecular formula is C25H41NO3S. The first-order valence-corrected chi connectivity index (χ1v) is 12.3. The summed E-state index contributed by atoms with van der Waals surface area (Å²) in [6, 6.07) is 8.40. The minimum atomic E-state index is -0.920. The van der Waals surface area contributed by atoms with Crippen molar-refractivity contribution in [3.05, 3.63) is 29.8 Å². The summed E-state index contributed by atoms with van der Waals surface area (Å²) >= 11 is 4.51. The highest BCUT2D eigenvalue weighted by atomic mass is 32.1. The quantitative estimate of drug-likeness (QED) is 0.170. The first kappa shape index (κ1) is 26.5. The van der Waals surface area contributed by atoms with Gasteiger partial charge in [-0.15, -0.1) is 12.6 Å². The van der Waals surface area contributed by atoms with Crippen LogP contribution in [0.4, 0.5) is 0 Å². The van der Waals surface area contributed by atoms with Crippen LogP contribution in [0.2, 0.25) is 0 Å². The Balaban J connectivity index is 1.76. The van der Waals surface area contributed by atoms with Crippen molar-refractivity contribution in [1.29, 1.82) is 0 Å². The summed E-state index contributed by atoms with van der Waals surface area (Å²) in [5.74, 6) is -1.07. The Morgan fingerprint density at radius 1 is 0.733 bits per heavy atom. The maximum absolute atomic E-state index is 11.4. The molecule has 0 saturated heterocycles. The monoisotopic (exact) mass is 435 g/mol. The Hall–Kier alpha value is -1.49. The molecule has 0 radical (unpaired) electrons. The summed E-state index contributed by atoms with van der Waals surface area (Å²) in [6.45, 7) is 0.666. The molecule has 0 aromatic heterocycles. The third-order valence-corrected chi connectivity index (χ3v) is 5.94. The number of nitrogens with one attached hydrogen (secondary N) is 1. The lowest BCUT2D eigenvalue weighted by molar-refractivity contribution is -0.138. The lowest BCUT2D eigenvalue weighted by Crippen LogP contribution is -2.24. The fourth-order valence-corrected chi connectivity index (χ4v) is 3.92. The fraction of sp³-hybridized carbons (Fsp3) is 0.680. The molecule has 0 atom stereocenters. The molecule has 0 fully saturated rings. The highest BCUT2D eigenvalue weighted by Crippen LogP contribution is 2.17. The average molecular weight is 436 g/mol. The van der Waals surface area contributed by atoms with Gasteiger partial charge in [-0.25, -0.2) is 0 Å². The molecule has 0 aliphatic heterocycles. The molecule has 0 unspecified atom stereocenters. The molecule has 170 valence electrons. The van der Waals surface area contributed by atoms with Crippen molar-refractivity contribution in [2.45, 2.75) is 108 Å². The summed E-state index contributed by atoms with van der Waals surface area (Å²) < 4.78 is 0. The van der Waals surface area contributed by atoms with E-state index in [1.54, 1.807) is 0 Å². The number of aliphatic carboxylic acids is 1. The van der Waals surface area contributed by atoms with Gasteiger partial charge in [-0.05, 0) is 30.9 Å². The molecule has 0 saturated carbocycles. The van der Waals surface area contributed by atoms with Gasteiger partial charge in [0.25, 0.3) is 0 Å². The summed E-state index contributed by atoms with van der Waals surface area (Å²) in [5.41, 5.74) is 1.38. The van der Waals surface area contributed by atoms with Gasteiger partial charge in [0.15, 0.2) is 0 Å². The minimum Gasteiger partial charge on any atom is -0.481 e. The van der Waals surface area contributed by atoms with Crippen molar-refractivity contribution < 1.29 is 14.7 Å². The molecular weight excluding hydrogens is 394 g/mol. The van der Waals surface area contributed by atoms with Crippen LogP contribution in [-0.2, 0) is 16.0 Å². The van der Waals surface area contributed by atoms with Gasteiger partial charge in [-0.2, -0.15) is 0 Å². The van der Waals surface area contributed by atoms with Gasteiger partial charge in [0.1, 0.15) is 0 Å². The second kappa shape index (κ2) is 18.3. The number of carboxylic acid groups (broad SMARTS) is 1. The molecule has 5 heteroatoms. The molecule has 2 N–H and O–H groups in total. The molecule has 0 heterocycles. The average Bonchev–Trinajstić information content (AvgIpc) is 2.73. The summed E-state index contributed by atoms with van der Waals surface area (Å²) in [7, 11) is 0. The number of carbonyl (C=O) groups is 2. The van der Waals surface area contributed by atoms with E-state index in [1.165, 1.54) is 76.2 Å². The van der Waals surface area contributed by atoms with E-state index < -0.39 is 5.97 Å². The number of carboxylic acids is 1. The van der Waals surface area contributed by atoms with Crippen molar-refractivity contribution in [2.24, 2.45) is 0 Å². The van der Waals surface area contributed by atoms with E-state index in [9.17, 15) is 9.59 Å². The van der Waals surface area contributed by atoms with Crippen molar-refractivity contribution in [2.75, 3.05) is 6.54 Å². The molecule has 1 amide bonds. The number of amides is 1. The molecule has 1 rings (SSSR count). The topological polar surface area (TPSA) is 66.4 Å². The van der Waals surface area contributed by atoms with Crippen molar-refractivity contribution in [1.82, 2.24) is 5.32 Å². The molecule has 1 aromatic rings. The van der Waals surface area contributed by atoms with E-state index in [0.717, 1.165) is 24.2 Å². The molecule has 4 nitrogen and oxygen atoms in total. The van der Waals surface area contributed by atoms with Crippen LogP contribution >= 0.6 is 12.6 Å². The van der Waals surface area contributed by atoms with Gasteiger partial charge in [-0.3, -0.25) is 9.59 Å². The van der Waals surface area contributed by atoms with E-state index in [0.29, 0.717) is 6.54 Å². The lowest BCUT2D eigenvalue weighted by atomic mass is 10.0. The van der Waals surface area contributed by atoms with Crippen molar-refractivity contribution >= 4 is 24.5 Å². The highest BCUT2D eigenvalue weighted by molar-refractivity contribution is 7.80. The van der Waals surface area contributed by atoms with E-state index in [2.05, 4.69) is 36.1 Å². The van der Waals surface area contributed by atoms with Gasteiger partial charge >= 0.3 is 5.97 Å². The Kier molecular flexibility index (Phi) is 16.2. The summed E-state index contributed by atoms with van der Waals surface area (Å²) in [6.07, 6.45) is 17.8. The highest BCUT2D eigenvalue weighted by Gasteiger charge is 2.04. The third-order valence-electron chi connectivity index (χ3n) is 5.50. The van der Waals surface area contributed by atoms with Gasteiger partial charge in [0.2, 0.25) is 5.91 Å². The Bertz CT molecular complexity index is 592. The smallest absolute Gasteiger partial charge is 0.303 e. The SMILES string of the molecule is O=C(O)CCC(=O)NCCCCCCCCCCCCCCCc1ccccc1S. The normalized spacial score (nSPS) is 10.8. The molecule has 30 heavy (non-hydrogen) atoms. The number of unbranched alkanes of at least 4 members (excludes halogenated alkanes) is 12. The number of hydrogen-bond acceptors (Lipinski definition) is 3. The standard InChI is InChI=1S/C25H41NO3S/c27-24(19-20-25(28)29)26-21-15-11-9-7-5-3-1-2-4-6-8-10-12-16-22-17-13-14-18-23(22)30/h13-14,17-18,30H,1-12,15-16,19-21H2,(H,26,27)(H,28,29). The molecule has 0 aliphatic carbocycles. The number of carbonyl (C=O) groups excluding carboxylic acids is 1. The van der Waals surface area contributed by atoms with Gasteiger partial charge in [0.05, 0.1) is 6.42 Å². The minimum absolute atomic E-state index is 0.0833. The lowest BCUT2D eigenvalue weighted by Gasteiger charge is -2.05. The largest absolute Gasteiger partial charge is 0.481 e. The number of rotatable bonds is 19. The van der Waals surface area contributed by atoms with Crippen LogP contribution in [0, 0.1) is 0 Å². The van der Waals surface area contributed by atoms with Crippen LogP contribution in [0.3, 0.4) is 0 Å². The predicted molar refractivity (Wildman–Crippen MR) is 127 cm³/mol. The van der Waals surface area contributed by atoms with E-state index in [1.807, 2.05) is 6.07 Å². The predicted octanol–water partition coefficient (Wildman–Crippen LogP) is 6.57. The molecule has 0 spiro atoms. The van der Waals surface area contributed by atoms with Crippen LogP contribution in [0.1, 0.15) is 102 Å². The van der Waals surface area contributed by atoms with Gasteiger partial charge < -0.3 is 10.4 Å². The third kappa shape index (κ3) is 15.4. The molecule has 0 bridgehead atoms. The number of hydrogen-bond donors (Lipinski definition) is 3. The van der Waals surface area contributed by atoms with Crippen LogP contribution in [0.15, 0.2) is 29.2 Å². The van der Waals surface area contributed by atoms with E-state index in [-0.39, 0.29) is 18.7 Å². The van der Waals surface area contributed by atoms with Gasteiger partial charge in [0, 0.05) is 17.9 Å². The van der Waals surface area contributed by atoms with Crippen LogP contribution in [-0.4, -0.2) is 23.5 Å². The van der Waals surface area contributed by atoms with Crippen molar-refractivity contribution in [3.63, 3.8) is 0 Å². The second-order valence-corrected chi connectivity index (χ2v) is 8.70. The zero-order valence-corrected chi connectivity index (χ0v) is 19.4. The zero-order valence-electron chi connectivity index (χ0n) is 18.5. The van der Waals surface area contributed by atoms with E-state index in [4.69, 9.17) is 5.11 Å². The van der Waals surface area contributed by atoms with Crippen LogP contribution in [0.25, 0.3) is 0 Å². The number of thiol groups is 1. The summed E-state index contributed by atoms with van der Waals surface area (Å²) in [4.78, 5) is 22.9. The molecule has 1 aromatic carbocycles.